The van der Waals surface area contributed by atoms with Gasteiger partial charge in [0.25, 0.3) is 0 Å². The Morgan fingerprint density at radius 1 is 0.854 bits per heavy atom. The third kappa shape index (κ3) is 6.24. The minimum atomic E-state index is -1.17. The first kappa shape index (κ1) is 30.1. The summed E-state index contributed by atoms with van der Waals surface area (Å²) >= 11 is 0. The van der Waals surface area contributed by atoms with E-state index < -0.39 is 42.4 Å². The molecule has 0 saturated heterocycles. The lowest BCUT2D eigenvalue weighted by Crippen LogP contribution is -2.57. The Bertz CT molecular complexity index is 1220. The van der Waals surface area contributed by atoms with Crippen LogP contribution in [0.4, 0.5) is 4.79 Å². The standard InChI is InChI=1S/C32H41N3O6/c1-5-35(6-2)30(38)27(19-28(36)37)33(3)31(39)29(21-13-7-8-14-21)34(4)32(40)41-20-26-24-17-11-9-15-22(24)23-16-10-12-18-25(23)26/h9-12,15-18,21,26-27,29H,5-8,13-14,19-20H2,1-4H3,(H,36,37). The van der Waals surface area contributed by atoms with Crippen molar-refractivity contribution >= 4 is 23.9 Å². The summed E-state index contributed by atoms with van der Waals surface area (Å²) in [6.45, 7) is 4.56. The van der Waals surface area contributed by atoms with Crippen LogP contribution in [0.3, 0.4) is 0 Å². The Labute approximate surface area is 242 Å². The number of ether oxygens (including phenoxy) is 1. The van der Waals surface area contributed by atoms with Crippen molar-refractivity contribution < 1.29 is 29.0 Å². The van der Waals surface area contributed by atoms with Crippen molar-refractivity contribution in [3.8, 4) is 11.1 Å². The molecule has 2 unspecified atom stereocenters. The van der Waals surface area contributed by atoms with Crippen molar-refractivity contribution in [2.75, 3.05) is 33.8 Å². The predicted molar refractivity (Wildman–Crippen MR) is 155 cm³/mol. The van der Waals surface area contributed by atoms with Gasteiger partial charge < -0.3 is 19.6 Å². The normalized spacial score (nSPS) is 15.9. The van der Waals surface area contributed by atoms with Crippen molar-refractivity contribution in [3.05, 3.63) is 59.7 Å². The molecule has 9 heteroatoms. The number of amides is 3. The lowest BCUT2D eigenvalue weighted by molar-refractivity contribution is -0.152. The number of carboxylic acids is 1. The first-order valence-electron chi connectivity index (χ1n) is 14.5. The number of aliphatic carboxylic acids is 1. The van der Waals surface area contributed by atoms with Gasteiger partial charge in [0.2, 0.25) is 11.8 Å². The molecule has 220 valence electrons. The summed E-state index contributed by atoms with van der Waals surface area (Å²) in [5.74, 6) is -2.25. The van der Waals surface area contributed by atoms with Crippen molar-refractivity contribution in [2.24, 2.45) is 5.92 Å². The average Bonchev–Trinajstić information content (AvgIpc) is 3.61. The zero-order chi connectivity index (χ0) is 29.7. The quantitative estimate of drug-likeness (QED) is 0.428. The van der Waals surface area contributed by atoms with Gasteiger partial charge in [-0.2, -0.15) is 0 Å². The van der Waals surface area contributed by atoms with Gasteiger partial charge in [0.05, 0.1) is 6.42 Å². The van der Waals surface area contributed by atoms with Crippen LogP contribution in [0, 0.1) is 5.92 Å². The fourth-order valence-corrected chi connectivity index (χ4v) is 6.43. The number of likely N-dealkylation sites (N-methyl/N-ethyl adjacent to an activating group) is 3. The minimum Gasteiger partial charge on any atom is -0.481 e. The lowest BCUT2D eigenvalue weighted by Gasteiger charge is -2.37. The number of hydrogen-bond acceptors (Lipinski definition) is 5. The molecule has 0 aliphatic heterocycles. The van der Waals surface area contributed by atoms with E-state index in [1.165, 1.54) is 21.7 Å². The van der Waals surface area contributed by atoms with Crippen LogP contribution in [-0.4, -0.2) is 89.6 Å². The number of hydrogen-bond donors (Lipinski definition) is 1. The first-order valence-corrected chi connectivity index (χ1v) is 14.5. The van der Waals surface area contributed by atoms with Gasteiger partial charge in [0.15, 0.2) is 0 Å². The maximum Gasteiger partial charge on any atom is 0.410 e. The molecular weight excluding hydrogens is 522 g/mol. The summed E-state index contributed by atoms with van der Waals surface area (Å²) in [4.78, 5) is 56.5. The van der Waals surface area contributed by atoms with Gasteiger partial charge in [-0.25, -0.2) is 4.79 Å². The molecule has 2 aliphatic carbocycles. The topological polar surface area (TPSA) is 107 Å². The number of carbonyl (C=O) groups is 4. The molecule has 0 heterocycles. The number of carbonyl (C=O) groups excluding carboxylic acids is 3. The molecular formula is C32H41N3O6. The predicted octanol–water partition coefficient (Wildman–Crippen LogP) is 4.60. The molecule has 0 radical (unpaired) electrons. The molecule has 0 aromatic heterocycles. The summed E-state index contributed by atoms with van der Waals surface area (Å²) in [5, 5.41) is 9.56. The molecule has 1 N–H and O–H groups in total. The van der Waals surface area contributed by atoms with E-state index in [0.717, 1.165) is 47.9 Å². The maximum absolute atomic E-state index is 14.0. The summed E-state index contributed by atoms with van der Waals surface area (Å²) in [6.07, 6.45) is 2.28. The Morgan fingerprint density at radius 3 is 1.90 bits per heavy atom. The zero-order valence-electron chi connectivity index (χ0n) is 24.4. The molecule has 4 rings (SSSR count). The third-order valence-electron chi connectivity index (χ3n) is 8.68. The Balaban J connectivity index is 1.54. The van der Waals surface area contributed by atoms with Crippen molar-refractivity contribution in [1.29, 1.82) is 0 Å². The van der Waals surface area contributed by atoms with Gasteiger partial charge in [-0.15, -0.1) is 0 Å². The largest absolute Gasteiger partial charge is 0.481 e. The summed E-state index contributed by atoms with van der Waals surface area (Å²) in [5.41, 5.74) is 4.44. The van der Waals surface area contributed by atoms with Crippen LogP contribution in [0.2, 0.25) is 0 Å². The molecule has 1 fully saturated rings. The van der Waals surface area contributed by atoms with E-state index in [0.29, 0.717) is 13.1 Å². The molecule has 2 aliphatic rings. The molecule has 0 spiro atoms. The second-order valence-corrected chi connectivity index (χ2v) is 11.0. The second kappa shape index (κ2) is 13.2. The van der Waals surface area contributed by atoms with Crippen molar-refractivity contribution in [1.82, 2.24) is 14.7 Å². The molecule has 2 aromatic rings. The van der Waals surface area contributed by atoms with Gasteiger partial charge >= 0.3 is 12.1 Å². The van der Waals surface area contributed by atoms with Crippen molar-refractivity contribution in [3.63, 3.8) is 0 Å². The first-order chi connectivity index (χ1) is 19.7. The average molecular weight is 564 g/mol. The summed E-state index contributed by atoms with van der Waals surface area (Å²) in [6, 6.07) is 14.1. The SMILES string of the molecule is CCN(CC)C(=O)C(CC(=O)O)N(C)C(=O)C(C1CCCC1)N(C)C(=O)OCC1c2ccccc2-c2ccccc21. The van der Waals surface area contributed by atoms with E-state index >= 15 is 0 Å². The monoisotopic (exact) mass is 563 g/mol. The lowest BCUT2D eigenvalue weighted by atomic mass is 9.95. The molecule has 0 bridgehead atoms. The van der Waals surface area contributed by atoms with Crippen molar-refractivity contribution in [2.45, 2.75) is 64.0 Å². The highest BCUT2D eigenvalue weighted by atomic mass is 16.6. The molecule has 3 amide bonds. The van der Waals surface area contributed by atoms with Gasteiger partial charge in [0, 0.05) is 33.1 Å². The van der Waals surface area contributed by atoms with Crippen LogP contribution in [0.5, 0.6) is 0 Å². The van der Waals surface area contributed by atoms with Crippen LogP contribution in [0.15, 0.2) is 48.5 Å². The van der Waals surface area contributed by atoms with E-state index in [9.17, 15) is 24.3 Å². The third-order valence-corrected chi connectivity index (χ3v) is 8.68. The van der Waals surface area contributed by atoms with Gasteiger partial charge in [-0.3, -0.25) is 19.3 Å². The minimum absolute atomic E-state index is 0.107. The highest BCUT2D eigenvalue weighted by Crippen LogP contribution is 2.44. The van der Waals surface area contributed by atoms with E-state index in [1.54, 1.807) is 7.05 Å². The van der Waals surface area contributed by atoms with Crippen LogP contribution in [-0.2, 0) is 19.1 Å². The fraction of sp³-hybridized carbons (Fsp3) is 0.500. The van der Waals surface area contributed by atoms with E-state index in [2.05, 4.69) is 12.1 Å². The number of carboxylic acid groups (broad SMARTS) is 1. The van der Waals surface area contributed by atoms with E-state index in [1.807, 2.05) is 50.2 Å². The zero-order valence-corrected chi connectivity index (χ0v) is 24.4. The van der Waals surface area contributed by atoms with Crippen LogP contribution in [0.25, 0.3) is 11.1 Å². The molecule has 1 saturated carbocycles. The Morgan fingerprint density at radius 2 is 1.39 bits per heavy atom. The molecule has 2 atom stereocenters. The summed E-state index contributed by atoms with van der Waals surface area (Å²) < 4.78 is 5.86. The van der Waals surface area contributed by atoms with Gasteiger partial charge in [-0.1, -0.05) is 61.4 Å². The van der Waals surface area contributed by atoms with Crippen LogP contribution >= 0.6 is 0 Å². The smallest absolute Gasteiger partial charge is 0.410 e. The summed E-state index contributed by atoms with van der Waals surface area (Å²) in [7, 11) is 3.02. The van der Waals surface area contributed by atoms with E-state index in [4.69, 9.17) is 4.74 Å². The van der Waals surface area contributed by atoms with E-state index in [-0.39, 0.29) is 18.4 Å². The number of benzene rings is 2. The number of nitrogens with zero attached hydrogens (tertiary/aromatic N) is 3. The Kier molecular flexibility index (Phi) is 9.68. The molecule has 9 nitrogen and oxygen atoms in total. The van der Waals surface area contributed by atoms with Crippen LogP contribution < -0.4 is 0 Å². The van der Waals surface area contributed by atoms with Gasteiger partial charge in [0.1, 0.15) is 18.7 Å². The Hall–Kier alpha value is -3.88. The maximum atomic E-state index is 14.0. The number of fused-ring (bicyclic) bond motifs is 3. The van der Waals surface area contributed by atoms with Gasteiger partial charge in [-0.05, 0) is 54.9 Å². The fourth-order valence-electron chi connectivity index (χ4n) is 6.43. The molecule has 2 aromatic carbocycles. The highest BCUT2D eigenvalue weighted by Gasteiger charge is 2.42. The number of rotatable bonds is 11. The highest BCUT2D eigenvalue weighted by molar-refractivity contribution is 5.93. The van der Waals surface area contributed by atoms with Crippen LogP contribution in [0.1, 0.15) is 63.0 Å². The second-order valence-electron chi connectivity index (χ2n) is 11.0. The molecule has 41 heavy (non-hydrogen) atoms.